The third-order valence-electron chi connectivity index (χ3n) is 4.41. The summed E-state index contributed by atoms with van der Waals surface area (Å²) in [5.74, 6) is 1.07. The molecule has 0 bridgehead atoms. The highest BCUT2D eigenvalue weighted by molar-refractivity contribution is 8.00. The fraction of sp³-hybridized carbons (Fsp3) is 0.562. The largest absolute Gasteiger partial charge is 0.339 e. The molecule has 24 heavy (non-hydrogen) atoms. The number of carbonyl (C=O) groups excluding carboxylic acids is 1. The molecule has 2 aliphatic rings. The van der Waals surface area contributed by atoms with Gasteiger partial charge in [-0.1, -0.05) is 17.7 Å². The van der Waals surface area contributed by atoms with Crippen LogP contribution in [0.1, 0.15) is 5.56 Å². The van der Waals surface area contributed by atoms with Crippen LogP contribution in [0.2, 0.25) is 0 Å². The number of hydrogen-bond acceptors (Lipinski definition) is 5. The first-order chi connectivity index (χ1) is 11.5. The van der Waals surface area contributed by atoms with Gasteiger partial charge in [0, 0.05) is 45.0 Å². The summed E-state index contributed by atoms with van der Waals surface area (Å²) < 4.78 is 26.9. The average molecular weight is 370 g/mol. The van der Waals surface area contributed by atoms with Crippen molar-refractivity contribution < 1.29 is 13.2 Å². The zero-order valence-corrected chi connectivity index (χ0v) is 15.4. The lowest BCUT2D eigenvalue weighted by atomic mass is 10.2. The first-order valence-corrected chi connectivity index (χ1v) is 10.7. The molecule has 2 aliphatic heterocycles. The van der Waals surface area contributed by atoms with E-state index in [0.29, 0.717) is 37.6 Å². The van der Waals surface area contributed by atoms with Gasteiger partial charge in [0.25, 0.3) is 0 Å². The average Bonchev–Trinajstić information content (AvgIpc) is 2.62. The molecular weight excluding hydrogens is 346 g/mol. The highest BCUT2D eigenvalue weighted by atomic mass is 32.2. The van der Waals surface area contributed by atoms with E-state index in [0.717, 1.165) is 17.9 Å². The Morgan fingerprint density at radius 1 is 1.17 bits per heavy atom. The minimum atomic E-state index is -3.47. The van der Waals surface area contributed by atoms with Crippen molar-refractivity contribution in [2.45, 2.75) is 17.1 Å². The van der Waals surface area contributed by atoms with E-state index < -0.39 is 10.0 Å². The van der Waals surface area contributed by atoms with Crippen molar-refractivity contribution in [1.82, 2.24) is 14.5 Å². The van der Waals surface area contributed by atoms with E-state index in [9.17, 15) is 13.2 Å². The van der Waals surface area contributed by atoms with Crippen LogP contribution in [0.15, 0.2) is 29.2 Å². The smallest absolute Gasteiger partial charge is 0.243 e. The third kappa shape index (κ3) is 3.77. The first-order valence-electron chi connectivity index (χ1n) is 8.16. The number of nitrogens with one attached hydrogen (secondary N) is 1. The van der Waals surface area contributed by atoms with E-state index in [1.165, 1.54) is 4.31 Å². The van der Waals surface area contributed by atoms with Gasteiger partial charge < -0.3 is 10.2 Å². The zero-order valence-electron chi connectivity index (χ0n) is 13.8. The second kappa shape index (κ2) is 7.43. The van der Waals surface area contributed by atoms with Crippen molar-refractivity contribution in [1.29, 1.82) is 0 Å². The number of carbonyl (C=O) groups is 1. The summed E-state index contributed by atoms with van der Waals surface area (Å²) in [5.41, 5.74) is 1.03. The lowest BCUT2D eigenvalue weighted by molar-refractivity contribution is -0.131. The molecule has 2 saturated heterocycles. The van der Waals surface area contributed by atoms with Gasteiger partial charge in [0.15, 0.2) is 0 Å². The molecular formula is C16H23N3O3S2. The minimum Gasteiger partial charge on any atom is -0.339 e. The molecule has 1 unspecified atom stereocenters. The predicted octanol–water partition coefficient (Wildman–Crippen LogP) is 0.533. The number of sulfonamides is 1. The van der Waals surface area contributed by atoms with Crippen LogP contribution in [0.3, 0.4) is 0 Å². The fourth-order valence-electron chi connectivity index (χ4n) is 2.94. The van der Waals surface area contributed by atoms with Gasteiger partial charge in [-0.15, -0.1) is 11.8 Å². The van der Waals surface area contributed by atoms with Crippen LogP contribution in [0.25, 0.3) is 0 Å². The molecule has 0 radical (unpaired) electrons. The summed E-state index contributed by atoms with van der Waals surface area (Å²) in [6, 6.07) is 6.90. The Kier molecular flexibility index (Phi) is 5.49. The van der Waals surface area contributed by atoms with Crippen LogP contribution < -0.4 is 5.32 Å². The lowest BCUT2D eigenvalue weighted by Gasteiger charge is -2.36. The minimum absolute atomic E-state index is 0.0426. The number of rotatable bonds is 3. The van der Waals surface area contributed by atoms with Crippen LogP contribution >= 0.6 is 11.8 Å². The van der Waals surface area contributed by atoms with E-state index in [1.807, 2.05) is 6.92 Å². The molecule has 1 atom stereocenters. The zero-order chi connectivity index (χ0) is 17.2. The predicted molar refractivity (Wildman–Crippen MR) is 95.6 cm³/mol. The SMILES string of the molecule is Cc1ccc(S(=O)(=O)N2CCN(C(=O)C3CNCCS3)CC2)cc1. The summed E-state index contributed by atoms with van der Waals surface area (Å²) >= 11 is 1.68. The summed E-state index contributed by atoms with van der Waals surface area (Å²) in [6.07, 6.45) is 0. The lowest BCUT2D eigenvalue weighted by Crippen LogP contribution is -2.54. The molecule has 0 spiro atoms. The first kappa shape index (κ1) is 17.7. The quantitative estimate of drug-likeness (QED) is 0.842. The standard InChI is InChI=1S/C16H23N3O3S2/c1-13-2-4-14(5-3-13)24(21,22)19-9-7-18(8-10-19)16(20)15-12-17-6-11-23-15/h2-5,15,17H,6-12H2,1H3. The molecule has 3 rings (SSSR count). The Balaban J connectivity index is 1.62. The second-order valence-electron chi connectivity index (χ2n) is 6.11. The second-order valence-corrected chi connectivity index (χ2v) is 9.35. The van der Waals surface area contributed by atoms with Crippen LogP contribution in [-0.2, 0) is 14.8 Å². The third-order valence-corrected chi connectivity index (χ3v) is 7.54. The molecule has 1 aromatic rings. The van der Waals surface area contributed by atoms with E-state index in [4.69, 9.17) is 0 Å². The normalized spacial score (nSPS) is 23.2. The van der Waals surface area contributed by atoms with Gasteiger partial charge in [-0.05, 0) is 19.1 Å². The van der Waals surface area contributed by atoms with Gasteiger partial charge in [-0.3, -0.25) is 4.79 Å². The van der Waals surface area contributed by atoms with Gasteiger partial charge in [-0.2, -0.15) is 4.31 Å². The van der Waals surface area contributed by atoms with E-state index in [-0.39, 0.29) is 11.2 Å². The molecule has 6 nitrogen and oxygen atoms in total. The molecule has 0 aliphatic carbocycles. The monoisotopic (exact) mass is 369 g/mol. The topological polar surface area (TPSA) is 69.7 Å². The Morgan fingerprint density at radius 2 is 1.83 bits per heavy atom. The van der Waals surface area contributed by atoms with Crippen molar-refractivity contribution in [2.75, 3.05) is 45.0 Å². The van der Waals surface area contributed by atoms with Crippen molar-refractivity contribution in [3.63, 3.8) is 0 Å². The molecule has 0 saturated carbocycles. The summed E-state index contributed by atoms with van der Waals surface area (Å²) in [7, 11) is -3.47. The number of amides is 1. The number of thioether (sulfide) groups is 1. The number of benzene rings is 1. The number of nitrogens with zero attached hydrogens (tertiary/aromatic N) is 2. The molecule has 0 aromatic heterocycles. The summed E-state index contributed by atoms with van der Waals surface area (Å²) in [4.78, 5) is 14.6. The number of aryl methyl sites for hydroxylation is 1. The molecule has 1 N–H and O–H groups in total. The molecule has 132 valence electrons. The van der Waals surface area contributed by atoms with Gasteiger partial charge in [0.1, 0.15) is 0 Å². The maximum atomic E-state index is 12.7. The number of piperazine rings is 1. The van der Waals surface area contributed by atoms with Crippen LogP contribution in [-0.4, -0.2) is 73.8 Å². The molecule has 2 heterocycles. The maximum absolute atomic E-state index is 12.7. The van der Waals surface area contributed by atoms with Gasteiger partial charge in [-0.25, -0.2) is 8.42 Å². The Hall–Kier alpha value is -1.09. The van der Waals surface area contributed by atoms with Crippen LogP contribution in [0, 0.1) is 6.92 Å². The summed E-state index contributed by atoms with van der Waals surface area (Å²) in [6.45, 7) is 5.20. The Bertz CT molecular complexity index is 677. The van der Waals surface area contributed by atoms with Crippen molar-refractivity contribution in [2.24, 2.45) is 0 Å². The van der Waals surface area contributed by atoms with E-state index in [2.05, 4.69) is 5.32 Å². The van der Waals surface area contributed by atoms with Crippen molar-refractivity contribution >= 4 is 27.7 Å². The Labute approximate surface area is 147 Å². The highest BCUT2D eigenvalue weighted by Crippen LogP contribution is 2.21. The van der Waals surface area contributed by atoms with Gasteiger partial charge >= 0.3 is 0 Å². The maximum Gasteiger partial charge on any atom is 0.243 e. The van der Waals surface area contributed by atoms with Gasteiger partial charge in [0.05, 0.1) is 10.1 Å². The van der Waals surface area contributed by atoms with Crippen molar-refractivity contribution in [3.05, 3.63) is 29.8 Å². The molecule has 2 fully saturated rings. The van der Waals surface area contributed by atoms with Crippen LogP contribution in [0.5, 0.6) is 0 Å². The van der Waals surface area contributed by atoms with Crippen molar-refractivity contribution in [3.8, 4) is 0 Å². The highest BCUT2D eigenvalue weighted by Gasteiger charge is 2.33. The molecule has 1 aromatic carbocycles. The number of hydrogen-bond donors (Lipinski definition) is 1. The summed E-state index contributed by atoms with van der Waals surface area (Å²) in [5, 5.41) is 3.20. The molecule has 8 heteroatoms. The molecule has 1 amide bonds. The van der Waals surface area contributed by atoms with Gasteiger partial charge in [0.2, 0.25) is 15.9 Å². The van der Waals surface area contributed by atoms with E-state index >= 15 is 0 Å². The van der Waals surface area contributed by atoms with Crippen LogP contribution in [0.4, 0.5) is 0 Å². The Morgan fingerprint density at radius 3 is 2.42 bits per heavy atom. The van der Waals surface area contributed by atoms with E-state index in [1.54, 1.807) is 40.9 Å². The fourth-order valence-corrected chi connectivity index (χ4v) is 5.43.